The molecule has 1 aliphatic rings. The lowest BCUT2D eigenvalue weighted by Crippen LogP contribution is -2.30. The van der Waals surface area contributed by atoms with Crippen LogP contribution in [0.3, 0.4) is 0 Å². The lowest BCUT2D eigenvalue weighted by atomic mass is 9.98. The molecular formula is C15H23N3O. The van der Waals surface area contributed by atoms with Crippen LogP contribution in [0.15, 0.2) is 18.5 Å². The number of carbonyl (C=O) groups excluding carboxylic acids is 1. The maximum Gasteiger partial charge on any atom is 0.254 e. The maximum atomic E-state index is 12.2. The predicted octanol–water partition coefficient (Wildman–Crippen LogP) is 2.68. The Morgan fingerprint density at radius 3 is 3.00 bits per heavy atom. The van der Waals surface area contributed by atoms with Crippen molar-refractivity contribution in [2.24, 2.45) is 11.8 Å². The van der Waals surface area contributed by atoms with Gasteiger partial charge in [-0.2, -0.15) is 0 Å². The molecule has 0 aromatic carbocycles. The molecule has 0 radical (unpaired) electrons. The van der Waals surface area contributed by atoms with Gasteiger partial charge in [-0.3, -0.25) is 9.78 Å². The molecule has 2 unspecified atom stereocenters. The maximum absolute atomic E-state index is 12.2. The van der Waals surface area contributed by atoms with Crippen molar-refractivity contribution in [1.82, 2.24) is 10.3 Å². The standard InChI is InChI=1S/C15H23N3O/c1-3-17-14-7-8-16-10-13(14)15(19)18-9-12-6-4-5-11(12)2/h7-8,10-12H,3-6,9H2,1-2H3,(H,16,17)(H,18,19). The van der Waals surface area contributed by atoms with Crippen LogP contribution in [0.2, 0.25) is 0 Å². The van der Waals surface area contributed by atoms with E-state index < -0.39 is 0 Å². The topological polar surface area (TPSA) is 54.0 Å². The van der Waals surface area contributed by atoms with Crippen LogP contribution in [0.5, 0.6) is 0 Å². The van der Waals surface area contributed by atoms with Gasteiger partial charge in [-0.15, -0.1) is 0 Å². The molecule has 104 valence electrons. The van der Waals surface area contributed by atoms with Gasteiger partial charge < -0.3 is 10.6 Å². The molecule has 2 atom stereocenters. The van der Waals surface area contributed by atoms with Gasteiger partial charge in [0.25, 0.3) is 5.91 Å². The highest BCUT2D eigenvalue weighted by Gasteiger charge is 2.24. The smallest absolute Gasteiger partial charge is 0.254 e. The van der Waals surface area contributed by atoms with Gasteiger partial charge >= 0.3 is 0 Å². The van der Waals surface area contributed by atoms with Crippen molar-refractivity contribution < 1.29 is 4.79 Å². The molecule has 1 aromatic heterocycles. The van der Waals surface area contributed by atoms with Crippen molar-refractivity contribution in [2.75, 3.05) is 18.4 Å². The Bertz CT molecular complexity index is 433. The van der Waals surface area contributed by atoms with E-state index in [4.69, 9.17) is 0 Å². The molecule has 4 nitrogen and oxygen atoms in total. The summed E-state index contributed by atoms with van der Waals surface area (Å²) in [6.07, 6.45) is 7.14. The van der Waals surface area contributed by atoms with E-state index in [9.17, 15) is 4.79 Å². The lowest BCUT2D eigenvalue weighted by molar-refractivity contribution is 0.0945. The molecule has 1 amide bonds. The van der Waals surface area contributed by atoms with Crippen LogP contribution in [-0.2, 0) is 0 Å². The average Bonchev–Trinajstić information content (AvgIpc) is 2.82. The number of anilines is 1. The fourth-order valence-corrected chi connectivity index (χ4v) is 2.76. The Kier molecular flexibility index (Phi) is 4.77. The zero-order valence-corrected chi connectivity index (χ0v) is 11.8. The van der Waals surface area contributed by atoms with Crippen molar-refractivity contribution in [3.8, 4) is 0 Å². The van der Waals surface area contributed by atoms with Gasteiger partial charge in [-0.25, -0.2) is 0 Å². The van der Waals surface area contributed by atoms with Gasteiger partial charge in [0.1, 0.15) is 0 Å². The first-order valence-electron chi connectivity index (χ1n) is 7.18. The van der Waals surface area contributed by atoms with Gasteiger partial charge in [0.15, 0.2) is 0 Å². The number of aromatic nitrogens is 1. The van der Waals surface area contributed by atoms with E-state index in [-0.39, 0.29) is 5.91 Å². The molecule has 1 fully saturated rings. The molecule has 0 spiro atoms. The summed E-state index contributed by atoms with van der Waals surface area (Å²) in [7, 11) is 0. The van der Waals surface area contributed by atoms with Gasteiger partial charge in [-0.05, 0) is 31.2 Å². The number of amides is 1. The predicted molar refractivity (Wildman–Crippen MR) is 77.2 cm³/mol. The Morgan fingerprint density at radius 1 is 1.47 bits per heavy atom. The van der Waals surface area contributed by atoms with Crippen molar-refractivity contribution in [3.63, 3.8) is 0 Å². The zero-order chi connectivity index (χ0) is 13.7. The molecule has 4 heteroatoms. The Balaban J connectivity index is 1.95. The Morgan fingerprint density at radius 2 is 2.32 bits per heavy atom. The molecular weight excluding hydrogens is 238 g/mol. The van der Waals surface area contributed by atoms with Gasteiger partial charge in [0, 0.05) is 25.5 Å². The lowest BCUT2D eigenvalue weighted by Gasteiger charge is -2.16. The number of hydrogen-bond acceptors (Lipinski definition) is 3. The molecule has 1 saturated carbocycles. The summed E-state index contributed by atoms with van der Waals surface area (Å²) in [4.78, 5) is 16.3. The minimum Gasteiger partial charge on any atom is -0.385 e. The average molecular weight is 261 g/mol. The largest absolute Gasteiger partial charge is 0.385 e. The van der Waals surface area contributed by atoms with Crippen molar-refractivity contribution in [2.45, 2.75) is 33.1 Å². The van der Waals surface area contributed by atoms with Gasteiger partial charge in [0.05, 0.1) is 11.3 Å². The summed E-state index contributed by atoms with van der Waals surface area (Å²) in [5, 5.41) is 6.24. The van der Waals surface area contributed by atoms with E-state index in [1.54, 1.807) is 12.4 Å². The van der Waals surface area contributed by atoms with Crippen molar-refractivity contribution >= 4 is 11.6 Å². The first-order valence-corrected chi connectivity index (χ1v) is 7.18. The Hall–Kier alpha value is -1.58. The van der Waals surface area contributed by atoms with Crippen molar-refractivity contribution in [1.29, 1.82) is 0 Å². The zero-order valence-electron chi connectivity index (χ0n) is 11.8. The molecule has 1 aromatic rings. The molecule has 0 saturated heterocycles. The quantitative estimate of drug-likeness (QED) is 0.857. The van der Waals surface area contributed by atoms with E-state index in [1.165, 1.54) is 19.3 Å². The van der Waals surface area contributed by atoms with Crippen LogP contribution in [-0.4, -0.2) is 24.0 Å². The minimum atomic E-state index is -0.0249. The second kappa shape index (κ2) is 6.55. The number of pyridine rings is 1. The minimum absolute atomic E-state index is 0.0249. The highest BCUT2D eigenvalue weighted by Crippen LogP contribution is 2.30. The van der Waals surface area contributed by atoms with Crippen LogP contribution in [0.25, 0.3) is 0 Å². The molecule has 19 heavy (non-hydrogen) atoms. The number of hydrogen-bond donors (Lipinski definition) is 2. The van der Waals surface area contributed by atoms with Crippen LogP contribution >= 0.6 is 0 Å². The summed E-state index contributed by atoms with van der Waals surface area (Å²) < 4.78 is 0. The summed E-state index contributed by atoms with van der Waals surface area (Å²) in [5.41, 5.74) is 1.49. The van der Waals surface area contributed by atoms with Crippen molar-refractivity contribution in [3.05, 3.63) is 24.0 Å². The monoisotopic (exact) mass is 261 g/mol. The summed E-state index contributed by atoms with van der Waals surface area (Å²) in [6, 6.07) is 1.84. The molecule has 0 bridgehead atoms. The SMILES string of the molecule is CCNc1ccncc1C(=O)NCC1CCCC1C. The fourth-order valence-electron chi connectivity index (χ4n) is 2.76. The number of nitrogens with one attached hydrogen (secondary N) is 2. The molecule has 1 heterocycles. The fraction of sp³-hybridized carbons (Fsp3) is 0.600. The first-order chi connectivity index (χ1) is 9.22. The van der Waals surface area contributed by atoms with E-state index >= 15 is 0 Å². The van der Waals surface area contributed by atoms with Crippen LogP contribution in [0, 0.1) is 11.8 Å². The molecule has 0 aliphatic heterocycles. The van der Waals surface area contributed by atoms with E-state index in [1.807, 2.05) is 13.0 Å². The third-order valence-electron chi connectivity index (χ3n) is 4.00. The number of carbonyl (C=O) groups is 1. The molecule has 2 rings (SSSR count). The first kappa shape index (κ1) is 13.8. The third-order valence-corrected chi connectivity index (χ3v) is 4.00. The van der Waals surface area contributed by atoms with E-state index in [2.05, 4.69) is 22.5 Å². The molecule has 1 aliphatic carbocycles. The summed E-state index contributed by atoms with van der Waals surface area (Å²) in [6.45, 7) is 5.87. The van der Waals surface area contributed by atoms with E-state index in [0.717, 1.165) is 24.7 Å². The normalized spacial score (nSPS) is 22.2. The van der Waals surface area contributed by atoms with Crippen LogP contribution in [0.4, 0.5) is 5.69 Å². The second-order valence-corrected chi connectivity index (χ2v) is 5.33. The Labute approximate surface area is 115 Å². The third kappa shape index (κ3) is 3.46. The summed E-state index contributed by atoms with van der Waals surface area (Å²) >= 11 is 0. The second-order valence-electron chi connectivity index (χ2n) is 5.33. The van der Waals surface area contributed by atoms with Gasteiger partial charge in [-0.1, -0.05) is 19.8 Å². The number of nitrogens with zero attached hydrogens (tertiary/aromatic N) is 1. The van der Waals surface area contributed by atoms with E-state index in [0.29, 0.717) is 11.5 Å². The highest BCUT2D eigenvalue weighted by molar-refractivity contribution is 5.99. The van der Waals surface area contributed by atoms with Gasteiger partial charge in [0.2, 0.25) is 0 Å². The van der Waals surface area contributed by atoms with Crippen LogP contribution < -0.4 is 10.6 Å². The highest BCUT2D eigenvalue weighted by atomic mass is 16.1. The number of rotatable bonds is 5. The summed E-state index contributed by atoms with van der Waals surface area (Å²) in [5.74, 6) is 1.33. The van der Waals surface area contributed by atoms with Crippen LogP contribution in [0.1, 0.15) is 43.5 Å². The molecule has 2 N–H and O–H groups in total.